The van der Waals surface area contributed by atoms with Gasteiger partial charge in [-0.3, -0.25) is 33.8 Å². The summed E-state index contributed by atoms with van der Waals surface area (Å²) in [5.74, 6) is 1.10. The second-order valence-electron chi connectivity index (χ2n) is 15.3. The summed E-state index contributed by atoms with van der Waals surface area (Å²) in [6.07, 6.45) is 1.54. The van der Waals surface area contributed by atoms with E-state index in [1.807, 2.05) is 41.5 Å². The van der Waals surface area contributed by atoms with E-state index in [2.05, 4.69) is 40.0 Å². The maximum Gasteiger partial charge on any atom is 0.246 e. The van der Waals surface area contributed by atoms with Crippen molar-refractivity contribution in [3.05, 3.63) is 0 Å². The van der Waals surface area contributed by atoms with E-state index in [9.17, 15) is 24.0 Å². The Hall–Kier alpha value is -2.26. The fourth-order valence-electron chi connectivity index (χ4n) is 5.25. The summed E-state index contributed by atoms with van der Waals surface area (Å²) in [7, 11) is 0. The van der Waals surface area contributed by atoms with E-state index in [-0.39, 0.29) is 53.9 Å². The quantitative estimate of drug-likeness (QED) is 0.0511. The molecule has 18 heteroatoms. The summed E-state index contributed by atoms with van der Waals surface area (Å²) in [6.45, 7) is 26.4. The van der Waals surface area contributed by atoms with Gasteiger partial charge in [0.05, 0.1) is 71.8 Å². The van der Waals surface area contributed by atoms with Crippen molar-refractivity contribution in [3.8, 4) is 0 Å². The van der Waals surface area contributed by atoms with Crippen LogP contribution in [-0.2, 0) is 52.4 Å². The Morgan fingerprint density at radius 1 is 0.729 bits per heavy atom. The monoisotopic (exact) mass is 865 g/mol. The highest BCUT2D eigenvalue weighted by Gasteiger charge is 2.32. The molecule has 3 atom stereocenters. The van der Waals surface area contributed by atoms with Gasteiger partial charge in [0.2, 0.25) is 24.6 Å². The molecular weight excluding hydrogens is 785 g/mol. The number of carbonyl (C=O) groups is 5. The fraction of sp³-hybridized carbons (Fsp3) is 0.878. The topological polar surface area (TPSA) is 195 Å². The van der Waals surface area contributed by atoms with Gasteiger partial charge in [0, 0.05) is 88.6 Å². The van der Waals surface area contributed by atoms with Crippen LogP contribution >= 0.6 is 11.8 Å². The van der Waals surface area contributed by atoms with Gasteiger partial charge in [0.25, 0.3) is 0 Å². The molecule has 0 spiro atoms. The Labute approximate surface area is 359 Å². The molecule has 1 saturated heterocycles. The van der Waals surface area contributed by atoms with Crippen LogP contribution in [0.5, 0.6) is 0 Å². The number of ether oxygens (including phenoxy) is 6. The van der Waals surface area contributed by atoms with Gasteiger partial charge in [-0.15, -0.1) is 0 Å². The molecule has 0 radical (unpaired) electrons. The zero-order chi connectivity index (χ0) is 44.1. The summed E-state index contributed by atoms with van der Waals surface area (Å²) in [6, 6.07) is 0.268. The normalized spacial score (nSPS) is 15.9. The van der Waals surface area contributed by atoms with Crippen molar-refractivity contribution >= 4 is 42.2 Å². The van der Waals surface area contributed by atoms with Crippen molar-refractivity contribution < 1.29 is 52.4 Å². The lowest BCUT2D eigenvalue weighted by Crippen LogP contribution is -2.48. The number of hydrogen-bond acceptors (Lipinski definition) is 15. The van der Waals surface area contributed by atoms with Gasteiger partial charge in [0.1, 0.15) is 12.4 Å². The minimum Gasteiger partial charge on any atom is -0.379 e. The highest BCUT2D eigenvalue weighted by molar-refractivity contribution is 8.00. The molecule has 0 saturated carbocycles. The van der Waals surface area contributed by atoms with E-state index in [4.69, 9.17) is 28.4 Å². The maximum atomic E-state index is 12.9. The predicted octanol–water partition coefficient (Wildman–Crippen LogP) is 1.22. The zero-order valence-corrected chi connectivity index (χ0v) is 38.3. The SMILES string of the molecule is CC(C)CNC=O.CCOCCOCCOCCNC1CN(CCN(C=O)C(=O)CC(C)SCC(=O)C(C)C)CC1NCCOCCOCCOCC(=O)NCC(C)C. The third-order valence-electron chi connectivity index (χ3n) is 8.66. The van der Waals surface area contributed by atoms with Crippen molar-refractivity contribution in [2.75, 3.05) is 137 Å². The highest BCUT2D eigenvalue weighted by Crippen LogP contribution is 2.17. The molecule has 3 unspecified atom stereocenters. The van der Waals surface area contributed by atoms with Crippen LogP contribution in [0.2, 0.25) is 0 Å². The molecule has 346 valence electrons. The lowest BCUT2D eigenvalue weighted by atomic mass is 10.1. The lowest BCUT2D eigenvalue weighted by Gasteiger charge is -2.22. The second-order valence-corrected chi connectivity index (χ2v) is 16.8. The molecule has 1 rings (SSSR count). The second kappa shape index (κ2) is 38.6. The van der Waals surface area contributed by atoms with Gasteiger partial charge in [0.15, 0.2) is 0 Å². The molecule has 1 heterocycles. The van der Waals surface area contributed by atoms with Crippen LogP contribution in [0.15, 0.2) is 0 Å². The van der Waals surface area contributed by atoms with E-state index < -0.39 is 0 Å². The molecule has 1 fully saturated rings. The molecule has 4 amide bonds. The Morgan fingerprint density at radius 2 is 1.24 bits per heavy atom. The Balaban J connectivity index is 0.00000438. The predicted molar refractivity (Wildman–Crippen MR) is 232 cm³/mol. The number of nitrogens with zero attached hydrogens (tertiary/aromatic N) is 2. The molecule has 1 aliphatic heterocycles. The number of hydrogen-bond donors (Lipinski definition) is 4. The molecule has 0 aliphatic carbocycles. The molecule has 0 aromatic heterocycles. The number of carbonyl (C=O) groups excluding carboxylic acids is 5. The van der Waals surface area contributed by atoms with Crippen molar-refractivity contribution in [2.45, 2.75) is 79.1 Å². The number of ketones is 1. The third-order valence-corrected chi connectivity index (χ3v) is 9.85. The van der Waals surface area contributed by atoms with Gasteiger partial charge in [-0.1, -0.05) is 48.5 Å². The number of imide groups is 1. The first-order chi connectivity index (χ1) is 28.3. The fourth-order valence-corrected chi connectivity index (χ4v) is 6.30. The van der Waals surface area contributed by atoms with Crippen LogP contribution in [0.1, 0.15) is 61.8 Å². The number of nitrogens with one attached hydrogen (secondary N) is 4. The van der Waals surface area contributed by atoms with Gasteiger partial charge in [-0.2, -0.15) is 11.8 Å². The molecule has 4 N–H and O–H groups in total. The van der Waals surface area contributed by atoms with E-state index >= 15 is 0 Å². The molecule has 17 nitrogen and oxygen atoms in total. The number of rotatable bonds is 38. The van der Waals surface area contributed by atoms with Crippen molar-refractivity contribution in [1.29, 1.82) is 0 Å². The van der Waals surface area contributed by atoms with Crippen LogP contribution in [0, 0.1) is 17.8 Å². The van der Waals surface area contributed by atoms with Crippen LogP contribution in [0.4, 0.5) is 0 Å². The molecule has 1 aliphatic rings. The average Bonchev–Trinajstić information content (AvgIpc) is 3.59. The first-order valence-corrected chi connectivity index (χ1v) is 22.4. The van der Waals surface area contributed by atoms with E-state index in [0.717, 1.165) is 26.0 Å². The Bertz CT molecular complexity index is 1080. The Morgan fingerprint density at radius 3 is 1.69 bits per heavy atom. The van der Waals surface area contributed by atoms with Crippen LogP contribution in [0.25, 0.3) is 0 Å². The molecule has 0 aromatic carbocycles. The van der Waals surface area contributed by atoms with Crippen LogP contribution in [0.3, 0.4) is 0 Å². The molecule has 0 aromatic rings. The van der Waals surface area contributed by atoms with E-state index in [1.165, 1.54) is 16.7 Å². The van der Waals surface area contributed by atoms with Crippen LogP contribution in [-0.4, -0.2) is 195 Å². The van der Waals surface area contributed by atoms with Gasteiger partial charge < -0.3 is 49.7 Å². The molecular formula is C41H80N6O11S. The number of likely N-dealkylation sites (tertiary alicyclic amines) is 1. The standard InChI is InChI=1S/C36H69N5O10S.C5H11NO/c1-7-46-14-15-49-18-16-47-12-8-37-32-24-40(10-11-41(28-42)36(45)22-31(6)52-27-34(43)30(4)5)25-33(32)38-9-13-48-17-19-50-20-21-51-26-35(44)39-23-29(2)3;1-5(2)3-6-4-7/h28-33,37-38H,7-27H2,1-6H3,(H,39,44);4-5H,3H2,1-2H3,(H,6,7). The number of amides is 4. The minimum atomic E-state index is -0.229. The first-order valence-electron chi connectivity index (χ1n) is 21.3. The van der Waals surface area contributed by atoms with Crippen LogP contribution < -0.4 is 21.3 Å². The minimum absolute atomic E-state index is 0.0266. The van der Waals surface area contributed by atoms with Crippen molar-refractivity contribution in [2.24, 2.45) is 17.8 Å². The number of thioether (sulfide) groups is 1. The van der Waals surface area contributed by atoms with Gasteiger partial charge in [-0.05, 0) is 18.8 Å². The third kappa shape index (κ3) is 34.1. The molecule has 59 heavy (non-hydrogen) atoms. The summed E-state index contributed by atoms with van der Waals surface area (Å²) in [4.78, 5) is 61.5. The molecule has 0 bridgehead atoms. The van der Waals surface area contributed by atoms with E-state index in [0.29, 0.717) is 129 Å². The van der Waals surface area contributed by atoms with Crippen molar-refractivity contribution in [1.82, 2.24) is 31.1 Å². The lowest BCUT2D eigenvalue weighted by molar-refractivity contribution is -0.138. The van der Waals surface area contributed by atoms with Crippen molar-refractivity contribution in [3.63, 3.8) is 0 Å². The Kier molecular flexibility index (Phi) is 37.2. The summed E-state index contributed by atoms with van der Waals surface area (Å²) < 4.78 is 33.1. The first kappa shape index (κ1) is 56.7. The highest BCUT2D eigenvalue weighted by atomic mass is 32.2. The largest absolute Gasteiger partial charge is 0.379 e. The maximum absolute atomic E-state index is 12.9. The van der Waals surface area contributed by atoms with Gasteiger partial charge in [-0.25, -0.2) is 0 Å². The summed E-state index contributed by atoms with van der Waals surface area (Å²) in [5, 5.41) is 12.5. The smallest absolute Gasteiger partial charge is 0.246 e. The summed E-state index contributed by atoms with van der Waals surface area (Å²) >= 11 is 1.45. The average molecular weight is 865 g/mol. The van der Waals surface area contributed by atoms with Gasteiger partial charge >= 0.3 is 0 Å². The zero-order valence-electron chi connectivity index (χ0n) is 37.5. The van der Waals surface area contributed by atoms with E-state index in [1.54, 1.807) is 0 Å². The number of Topliss-reactive ketones (excluding diaryl/α,β-unsaturated/α-hetero) is 1. The summed E-state index contributed by atoms with van der Waals surface area (Å²) in [5.41, 5.74) is 0.